The lowest BCUT2D eigenvalue weighted by Gasteiger charge is -2.14. The van der Waals surface area contributed by atoms with Gasteiger partial charge in [0.05, 0.1) is 0 Å². The molecule has 0 aliphatic rings. The fourth-order valence-electron chi connectivity index (χ4n) is 2.96. The molecule has 0 bridgehead atoms. The van der Waals surface area contributed by atoms with Crippen LogP contribution in [0.1, 0.15) is 0 Å². The molecule has 1 aromatic heterocycles. The van der Waals surface area contributed by atoms with Gasteiger partial charge in [0.25, 0.3) is 0 Å². The van der Waals surface area contributed by atoms with Gasteiger partial charge in [-0.15, -0.1) is 11.3 Å². The summed E-state index contributed by atoms with van der Waals surface area (Å²) in [6, 6.07) is 32.2. The molecule has 0 spiro atoms. The van der Waals surface area contributed by atoms with Gasteiger partial charge in [-0.25, -0.2) is 0 Å². The summed E-state index contributed by atoms with van der Waals surface area (Å²) >= 11 is 1.79. The molecule has 118 valence electrons. The van der Waals surface area contributed by atoms with Gasteiger partial charge in [0.1, 0.15) is 0 Å². The minimum atomic E-state index is 0. The number of benzene rings is 3. The first-order valence-electron chi connectivity index (χ1n) is 7.71. The largest absolute Gasteiger partial charge is 0.197 e. The van der Waals surface area contributed by atoms with Gasteiger partial charge < -0.3 is 0 Å². The highest BCUT2D eigenvalue weighted by Gasteiger charge is 2.14. The monoisotopic (exact) mass is 346 g/mol. The molecule has 0 radical (unpaired) electrons. The summed E-state index contributed by atoms with van der Waals surface area (Å²) in [6.45, 7) is 0. The van der Waals surface area contributed by atoms with Crippen molar-refractivity contribution in [2.75, 3.05) is 0 Å². The molecule has 0 fully saturated rings. The smallest absolute Gasteiger partial charge is 0.0355 e. The van der Waals surface area contributed by atoms with E-state index in [1.54, 1.807) is 11.3 Å². The molecular formula is C22H18S2. The molecule has 3 aromatic carbocycles. The van der Waals surface area contributed by atoms with Crippen molar-refractivity contribution in [1.29, 1.82) is 0 Å². The molecule has 0 saturated carbocycles. The van der Waals surface area contributed by atoms with Gasteiger partial charge in [-0.3, -0.25) is 0 Å². The maximum absolute atomic E-state index is 2.22. The van der Waals surface area contributed by atoms with Crippen LogP contribution in [0.15, 0.2) is 96.4 Å². The van der Waals surface area contributed by atoms with Gasteiger partial charge in [-0.1, -0.05) is 84.9 Å². The van der Waals surface area contributed by atoms with Gasteiger partial charge in [-0.2, -0.15) is 13.5 Å². The highest BCUT2D eigenvalue weighted by Crippen LogP contribution is 2.41. The quantitative estimate of drug-likeness (QED) is 0.380. The number of thiophene rings is 1. The van der Waals surface area contributed by atoms with Crippen molar-refractivity contribution in [2.24, 2.45) is 0 Å². The van der Waals surface area contributed by atoms with Crippen LogP contribution in [0, 0.1) is 0 Å². The summed E-state index contributed by atoms with van der Waals surface area (Å²) < 4.78 is 0. The third-order valence-electron chi connectivity index (χ3n) is 4.00. The van der Waals surface area contributed by atoms with Crippen molar-refractivity contribution in [1.82, 2.24) is 0 Å². The van der Waals surface area contributed by atoms with Crippen molar-refractivity contribution in [3.05, 3.63) is 96.4 Å². The topological polar surface area (TPSA) is 0 Å². The van der Waals surface area contributed by atoms with E-state index in [9.17, 15) is 0 Å². The molecule has 2 heteroatoms. The number of hydrogen-bond acceptors (Lipinski definition) is 1. The fourth-order valence-corrected chi connectivity index (χ4v) is 3.75. The molecule has 0 atom stereocenters. The van der Waals surface area contributed by atoms with Crippen LogP contribution in [0.3, 0.4) is 0 Å². The molecule has 4 aromatic rings. The Hall–Kier alpha value is -2.29. The lowest BCUT2D eigenvalue weighted by atomic mass is 9.91. The average molecular weight is 347 g/mol. The Bertz CT molecular complexity index is 838. The predicted molar refractivity (Wildman–Crippen MR) is 111 cm³/mol. The van der Waals surface area contributed by atoms with Crippen LogP contribution >= 0.6 is 24.8 Å². The van der Waals surface area contributed by atoms with E-state index < -0.39 is 0 Å². The molecule has 0 unspecified atom stereocenters. The van der Waals surface area contributed by atoms with E-state index in [0.717, 1.165) is 0 Å². The van der Waals surface area contributed by atoms with Crippen LogP contribution in [-0.2, 0) is 0 Å². The zero-order chi connectivity index (χ0) is 15.5. The van der Waals surface area contributed by atoms with Gasteiger partial charge in [0, 0.05) is 10.4 Å². The second-order valence-corrected chi connectivity index (χ2v) is 6.39. The Kier molecular flexibility index (Phi) is 5.19. The molecule has 0 saturated heterocycles. The van der Waals surface area contributed by atoms with Gasteiger partial charge in [-0.05, 0) is 33.7 Å². The Morgan fingerprint density at radius 2 is 1.04 bits per heavy atom. The van der Waals surface area contributed by atoms with Crippen molar-refractivity contribution in [2.45, 2.75) is 0 Å². The molecule has 4 rings (SSSR count). The summed E-state index contributed by atoms with van der Waals surface area (Å²) in [5.74, 6) is 0. The zero-order valence-corrected chi connectivity index (χ0v) is 15.0. The van der Waals surface area contributed by atoms with Crippen LogP contribution in [-0.4, -0.2) is 0 Å². The highest BCUT2D eigenvalue weighted by molar-refractivity contribution is 7.59. The van der Waals surface area contributed by atoms with Crippen molar-refractivity contribution < 1.29 is 0 Å². The lowest BCUT2D eigenvalue weighted by Crippen LogP contribution is -1.88. The lowest BCUT2D eigenvalue weighted by molar-refractivity contribution is 1.58. The van der Waals surface area contributed by atoms with E-state index in [-0.39, 0.29) is 13.5 Å². The maximum atomic E-state index is 2.22. The van der Waals surface area contributed by atoms with E-state index in [1.165, 1.54) is 32.7 Å². The van der Waals surface area contributed by atoms with E-state index >= 15 is 0 Å². The second-order valence-electron chi connectivity index (χ2n) is 5.44. The molecule has 24 heavy (non-hydrogen) atoms. The van der Waals surface area contributed by atoms with Crippen LogP contribution in [0.25, 0.3) is 32.7 Å². The summed E-state index contributed by atoms with van der Waals surface area (Å²) in [7, 11) is 0. The molecule has 1 heterocycles. The zero-order valence-electron chi connectivity index (χ0n) is 13.1. The molecule has 0 aliphatic heterocycles. The minimum Gasteiger partial charge on any atom is -0.197 e. The third-order valence-corrected chi connectivity index (χ3v) is 4.89. The molecule has 0 amide bonds. The predicted octanol–water partition coefficient (Wildman–Crippen LogP) is 6.86. The van der Waals surface area contributed by atoms with E-state index in [2.05, 4.69) is 96.4 Å². The summed E-state index contributed by atoms with van der Waals surface area (Å²) in [4.78, 5) is 1.31. The number of rotatable bonds is 3. The van der Waals surface area contributed by atoms with Crippen LogP contribution in [0.2, 0.25) is 0 Å². The maximum Gasteiger partial charge on any atom is 0.0355 e. The first-order chi connectivity index (χ1) is 11.4. The Balaban J connectivity index is 0.00000169. The van der Waals surface area contributed by atoms with Crippen molar-refractivity contribution >= 4 is 24.8 Å². The van der Waals surface area contributed by atoms with Crippen molar-refractivity contribution in [3.8, 4) is 32.7 Å². The standard InChI is InChI=1S/C22H16S.H2S/c1-3-9-17(10-4-1)19-13-7-14-20(18-11-5-2-6-12-18)22(19)21-15-8-16-23-21;/h1-16H;1H2. The Labute approximate surface area is 153 Å². The Morgan fingerprint density at radius 1 is 0.500 bits per heavy atom. The van der Waals surface area contributed by atoms with Gasteiger partial charge in [0.15, 0.2) is 0 Å². The third kappa shape index (κ3) is 3.16. The van der Waals surface area contributed by atoms with Gasteiger partial charge in [0.2, 0.25) is 0 Å². The average Bonchev–Trinajstić information content (AvgIpc) is 3.17. The van der Waals surface area contributed by atoms with Gasteiger partial charge >= 0.3 is 0 Å². The highest BCUT2D eigenvalue weighted by atomic mass is 32.1. The normalized spacial score (nSPS) is 10.2. The molecule has 0 nitrogen and oxygen atoms in total. The Morgan fingerprint density at radius 3 is 1.50 bits per heavy atom. The van der Waals surface area contributed by atoms with Crippen LogP contribution in [0.4, 0.5) is 0 Å². The first kappa shape index (κ1) is 16.6. The summed E-state index contributed by atoms with van der Waals surface area (Å²) in [5.41, 5.74) is 6.41. The summed E-state index contributed by atoms with van der Waals surface area (Å²) in [5, 5.41) is 2.14. The van der Waals surface area contributed by atoms with E-state index in [4.69, 9.17) is 0 Å². The SMILES string of the molecule is S.c1ccc(-c2cccc(-c3ccccc3)c2-c2cccs2)cc1. The van der Waals surface area contributed by atoms with E-state index in [0.29, 0.717) is 0 Å². The number of hydrogen-bond donors (Lipinski definition) is 0. The molecule has 0 N–H and O–H groups in total. The summed E-state index contributed by atoms with van der Waals surface area (Å²) in [6.07, 6.45) is 0. The van der Waals surface area contributed by atoms with E-state index in [1.807, 2.05) is 0 Å². The van der Waals surface area contributed by atoms with Crippen LogP contribution in [0.5, 0.6) is 0 Å². The minimum absolute atomic E-state index is 0. The van der Waals surface area contributed by atoms with Crippen molar-refractivity contribution in [3.63, 3.8) is 0 Å². The van der Waals surface area contributed by atoms with Crippen LogP contribution < -0.4 is 0 Å². The fraction of sp³-hybridized carbons (Fsp3) is 0. The first-order valence-corrected chi connectivity index (χ1v) is 8.59. The second kappa shape index (κ2) is 7.52. The molecular weight excluding hydrogens is 328 g/mol. The molecule has 0 aliphatic carbocycles.